The van der Waals surface area contributed by atoms with Crippen LogP contribution in [0.5, 0.6) is 0 Å². The van der Waals surface area contributed by atoms with E-state index < -0.39 is 6.10 Å². The molecule has 1 aromatic carbocycles. The molecule has 21 heavy (non-hydrogen) atoms. The quantitative estimate of drug-likeness (QED) is 0.860. The van der Waals surface area contributed by atoms with Gasteiger partial charge in [-0.25, -0.2) is 9.67 Å². The highest BCUT2D eigenvalue weighted by Crippen LogP contribution is 2.24. The van der Waals surface area contributed by atoms with Crippen LogP contribution in [0.25, 0.3) is 11.4 Å². The van der Waals surface area contributed by atoms with Crippen LogP contribution in [0.4, 0.5) is 0 Å². The van der Waals surface area contributed by atoms with Crippen molar-refractivity contribution in [2.24, 2.45) is 5.92 Å². The lowest BCUT2D eigenvalue weighted by Crippen LogP contribution is -2.13. The number of hydrogen-bond donors (Lipinski definition) is 2. The molecule has 1 heterocycles. The summed E-state index contributed by atoms with van der Waals surface area (Å²) >= 11 is 5.87. The highest BCUT2D eigenvalue weighted by molar-refractivity contribution is 6.30. The van der Waals surface area contributed by atoms with Crippen molar-refractivity contribution in [1.29, 1.82) is 0 Å². The number of aromatic nitrogens is 3. The number of aliphatic hydroxyl groups is 2. The first-order valence-electron chi connectivity index (χ1n) is 7.01. The Bertz CT molecular complexity index is 581. The molecule has 1 atom stereocenters. The molecule has 2 aromatic rings. The first-order chi connectivity index (χ1) is 10.0. The topological polar surface area (TPSA) is 71.2 Å². The molecular weight excluding hydrogens is 290 g/mol. The van der Waals surface area contributed by atoms with Gasteiger partial charge in [0.25, 0.3) is 0 Å². The van der Waals surface area contributed by atoms with E-state index in [1.54, 1.807) is 16.8 Å². The van der Waals surface area contributed by atoms with Crippen molar-refractivity contribution >= 4 is 11.6 Å². The first-order valence-corrected chi connectivity index (χ1v) is 7.38. The van der Waals surface area contributed by atoms with Gasteiger partial charge in [0.15, 0.2) is 11.6 Å². The monoisotopic (exact) mass is 309 g/mol. The van der Waals surface area contributed by atoms with E-state index >= 15 is 0 Å². The van der Waals surface area contributed by atoms with Crippen molar-refractivity contribution in [3.63, 3.8) is 0 Å². The highest BCUT2D eigenvalue weighted by Gasteiger charge is 2.19. The molecule has 0 aliphatic heterocycles. The van der Waals surface area contributed by atoms with Crippen LogP contribution in [-0.4, -0.2) is 31.6 Å². The van der Waals surface area contributed by atoms with E-state index in [1.165, 1.54) is 0 Å². The average Bonchev–Trinajstić information content (AvgIpc) is 2.83. The lowest BCUT2D eigenvalue weighted by atomic mass is 10.1. The molecule has 6 heteroatoms. The molecule has 0 aliphatic rings. The van der Waals surface area contributed by atoms with Crippen LogP contribution < -0.4 is 0 Å². The van der Waals surface area contributed by atoms with Gasteiger partial charge in [0.1, 0.15) is 6.10 Å². The molecular formula is C15H20ClN3O2. The fourth-order valence-electron chi connectivity index (χ4n) is 2.13. The van der Waals surface area contributed by atoms with Gasteiger partial charge in [0.2, 0.25) is 0 Å². The molecule has 114 valence electrons. The second kappa shape index (κ2) is 7.02. The predicted octanol–water partition coefficient (Wildman–Crippen LogP) is 2.67. The maximum atomic E-state index is 10.3. The zero-order valence-corrected chi connectivity index (χ0v) is 13.0. The number of aliphatic hydroxyl groups excluding tert-OH is 2. The van der Waals surface area contributed by atoms with Crippen LogP contribution >= 0.6 is 11.6 Å². The third-order valence-corrected chi connectivity index (χ3v) is 3.36. The SMILES string of the molecule is CC(C)C[C@@H](O)c1nc(-c2ccc(Cl)cc2)nn1CCO. The van der Waals surface area contributed by atoms with Crippen LogP contribution in [0.1, 0.15) is 32.2 Å². The molecule has 0 spiro atoms. The Kier molecular flexibility index (Phi) is 5.33. The second-order valence-corrected chi connectivity index (χ2v) is 5.83. The number of rotatable bonds is 6. The molecule has 1 aromatic heterocycles. The van der Waals surface area contributed by atoms with E-state index in [2.05, 4.69) is 10.1 Å². The van der Waals surface area contributed by atoms with E-state index in [0.29, 0.717) is 35.6 Å². The summed E-state index contributed by atoms with van der Waals surface area (Å²) in [5, 5.41) is 24.4. The van der Waals surface area contributed by atoms with Crippen molar-refractivity contribution in [3.05, 3.63) is 35.1 Å². The Hall–Kier alpha value is -1.43. The summed E-state index contributed by atoms with van der Waals surface area (Å²) < 4.78 is 1.57. The Morgan fingerprint density at radius 1 is 1.24 bits per heavy atom. The minimum absolute atomic E-state index is 0.0508. The average molecular weight is 310 g/mol. The molecule has 0 amide bonds. The van der Waals surface area contributed by atoms with E-state index in [4.69, 9.17) is 16.7 Å². The van der Waals surface area contributed by atoms with Gasteiger partial charge in [-0.05, 0) is 36.6 Å². The summed E-state index contributed by atoms with van der Waals surface area (Å²) in [5.41, 5.74) is 0.828. The highest BCUT2D eigenvalue weighted by atomic mass is 35.5. The largest absolute Gasteiger partial charge is 0.394 e. The normalized spacial score (nSPS) is 12.9. The summed E-state index contributed by atoms with van der Waals surface area (Å²) in [4.78, 5) is 4.43. The maximum Gasteiger partial charge on any atom is 0.181 e. The van der Waals surface area contributed by atoms with Gasteiger partial charge in [0.05, 0.1) is 13.2 Å². The maximum absolute atomic E-state index is 10.3. The fourth-order valence-corrected chi connectivity index (χ4v) is 2.26. The summed E-state index contributed by atoms with van der Waals surface area (Å²) in [6, 6.07) is 7.21. The van der Waals surface area contributed by atoms with Gasteiger partial charge in [-0.1, -0.05) is 25.4 Å². The lowest BCUT2D eigenvalue weighted by Gasteiger charge is -2.12. The summed E-state index contributed by atoms with van der Waals surface area (Å²) in [6.07, 6.45) is -0.0884. The van der Waals surface area contributed by atoms with E-state index in [0.717, 1.165) is 5.56 Å². The van der Waals surface area contributed by atoms with E-state index in [9.17, 15) is 5.11 Å². The molecule has 0 fully saturated rings. The van der Waals surface area contributed by atoms with E-state index in [1.807, 2.05) is 26.0 Å². The summed E-state index contributed by atoms with van der Waals surface area (Å²) in [6.45, 7) is 4.34. The van der Waals surface area contributed by atoms with Gasteiger partial charge in [-0.2, -0.15) is 5.10 Å². The van der Waals surface area contributed by atoms with Crippen LogP contribution in [0.2, 0.25) is 5.02 Å². The fraction of sp³-hybridized carbons (Fsp3) is 0.467. The molecule has 0 radical (unpaired) electrons. The molecule has 0 unspecified atom stereocenters. The van der Waals surface area contributed by atoms with Crippen molar-refractivity contribution < 1.29 is 10.2 Å². The van der Waals surface area contributed by atoms with Gasteiger partial charge in [-0.15, -0.1) is 0 Å². The van der Waals surface area contributed by atoms with Crippen LogP contribution in [0.3, 0.4) is 0 Å². The third-order valence-electron chi connectivity index (χ3n) is 3.11. The van der Waals surface area contributed by atoms with Crippen molar-refractivity contribution in [2.75, 3.05) is 6.61 Å². The summed E-state index contributed by atoms with van der Waals surface area (Å²) in [7, 11) is 0. The third kappa shape index (κ3) is 4.03. The zero-order valence-electron chi connectivity index (χ0n) is 12.2. The van der Waals surface area contributed by atoms with Gasteiger partial charge in [-0.3, -0.25) is 0 Å². The van der Waals surface area contributed by atoms with Crippen LogP contribution in [0.15, 0.2) is 24.3 Å². The number of hydrogen-bond acceptors (Lipinski definition) is 4. The molecule has 5 nitrogen and oxygen atoms in total. The lowest BCUT2D eigenvalue weighted by molar-refractivity contribution is 0.133. The minimum Gasteiger partial charge on any atom is -0.394 e. The second-order valence-electron chi connectivity index (χ2n) is 5.39. The van der Waals surface area contributed by atoms with Crippen LogP contribution in [-0.2, 0) is 6.54 Å². The number of benzene rings is 1. The Balaban J connectivity index is 2.34. The van der Waals surface area contributed by atoms with Gasteiger partial charge in [0, 0.05) is 10.6 Å². The number of nitrogens with zero attached hydrogens (tertiary/aromatic N) is 3. The molecule has 0 aliphatic carbocycles. The molecule has 2 N–H and O–H groups in total. The Labute approximate surface area is 129 Å². The van der Waals surface area contributed by atoms with E-state index in [-0.39, 0.29) is 6.61 Å². The van der Waals surface area contributed by atoms with Gasteiger partial charge >= 0.3 is 0 Å². The minimum atomic E-state index is -0.690. The summed E-state index contributed by atoms with van der Waals surface area (Å²) in [5.74, 6) is 1.36. The standard InChI is InChI=1S/C15H20ClN3O2/c1-10(2)9-13(21)15-17-14(18-19(15)7-8-20)11-3-5-12(16)6-4-11/h3-6,10,13,20-21H,7-9H2,1-2H3/t13-/m1/s1. The first kappa shape index (κ1) is 15.9. The van der Waals surface area contributed by atoms with Crippen molar-refractivity contribution in [2.45, 2.75) is 32.9 Å². The Morgan fingerprint density at radius 2 is 1.90 bits per heavy atom. The Morgan fingerprint density at radius 3 is 2.48 bits per heavy atom. The molecule has 2 rings (SSSR count). The number of halogens is 1. The molecule has 0 saturated heterocycles. The molecule has 0 saturated carbocycles. The van der Waals surface area contributed by atoms with Crippen molar-refractivity contribution in [1.82, 2.24) is 14.8 Å². The van der Waals surface area contributed by atoms with Gasteiger partial charge < -0.3 is 10.2 Å². The van der Waals surface area contributed by atoms with Crippen molar-refractivity contribution in [3.8, 4) is 11.4 Å². The molecule has 0 bridgehead atoms. The smallest absolute Gasteiger partial charge is 0.181 e. The zero-order chi connectivity index (χ0) is 15.4. The predicted molar refractivity (Wildman–Crippen MR) is 82.0 cm³/mol. The van der Waals surface area contributed by atoms with Crippen LogP contribution in [0, 0.1) is 5.92 Å².